The second kappa shape index (κ2) is 10.7. The molecule has 2 aromatic rings. The van der Waals surface area contributed by atoms with Crippen molar-refractivity contribution >= 4 is 21.8 Å². The molecule has 0 aliphatic heterocycles. The number of esters is 1. The normalized spacial score (nSPS) is 12.9. The van der Waals surface area contributed by atoms with Gasteiger partial charge >= 0.3 is 5.97 Å². The third-order valence-corrected chi connectivity index (χ3v) is 8.00. The van der Waals surface area contributed by atoms with E-state index in [2.05, 4.69) is 0 Å². The molecule has 8 heteroatoms. The zero-order valence-electron chi connectivity index (χ0n) is 20.9. The average molecular weight is 477 g/mol. The molecule has 0 bridgehead atoms. The second-order valence-electron chi connectivity index (χ2n) is 8.87. The molecule has 0 aliphatic rings. The Morgan fingerprint density at radius 2 is 1.64 bits per heavy atom. The summed E-state index contributed by atoms with van der Waals surface area (Å²) in [6, 6.07) is 5.70. The predicted octanol–water partition coefficient (Wildman–Crippen LogP) is 4.44. The molecule has 0 fully saturated rings. The summed E-state index contributed by atoms with van der Waals surface area (Å²) in [5.74, 6) is -0.578. The fourth-order valence-corrected chi connectivity index (χ4v) is 5.53. The lowest BCUT2D eigenvalue weighted by Crippen LogP contribution is -2.44. The quantitative estimate of drug-likeness (QED) is 0.374. The van der Waals surface area contributed by atoms with Crippen LogP contribution in [0, 0.1) is 26.7 Å². The van der Waals surface area contributed by atoms with Crippen molar-refractivity contribution in [3.05, 3.63) is 52.3 Å². The maximum absolute atomic E-state index is 13.7. The van der Waals surface area contributed by atoms with Crippen LogP contribution in [-0.4, -0.2) is 48.2 Å². The lowest BCUT2D eigenvalue weighted by Gasteiger charge is -2.28. The standard InChI is InChI=1S/C25H36N2O5S/c1-9-32-25(29)23-18(5)22(19(6)26(23)8)24(28)20(7)27(15-14-16(2)3)33(30,31)21-12-10-17(4)11-13-21/h10-13,16,20H,9,14-15H2,1-8H3. The highest BCUT2D eigenvalue weighted by atomic mass is 32.2. The first-order valence-electron chi connectivity index (χ1n) is 11.3. The van der Waals surface area contributed by atoms with Gasteiger partial charge < -0.3 is 9.30 Å². The maximum Gasteiger partial charge on any atom is 0.355 e. The van der Waals surface area contributed by atoms with Crippen LogP contribution in [0.1, 0.15) is 71.8 Å². The van der Waals surface area contributed by atoms with Crippen LogP contribution in [0.25, 0.3) is 0 Å². The summed E-state index contributed by atoms with van der Waals surface area (Å²) in [5.41, 5.74) is 2.72. The van der Waals surface area contributed by atoms with Gasteiger partial charge in [-0.1, -0.05) is 31.5 Å². The van der Waals surface area contributed by atoms with E-state index in [1.54, 1.807) is 63.6 Å². The molecule has 1 aromatic heterocycles. The van der Waals surface area contributed by atoms with Gasteiger partial charge in [-0.05, 0) is 64.7 Å². The van der Waals surface area contributed by atoms with Crippen molar-refractivity contribution in [1.82, 2.24) is 8.87 Å². The highest BCUT2D eigenvalue weighted by molar-refractivity contribution is 7.89. The zero-order chi connectivity index (χ0) is 25.1. The molecular formula is C25H36N2O5S. The first-order chi connectivity index (χ1) is 15.3. The molecule has 0 spiro atoms. The number of aryl methyl sites for hydroxylation is 1. The van der Waals surface area contributed by atoms with Crippen molar-refractivity contribution < 1.29 is 22.7 Å². The van der Waals surface area contributed by atoms with E-state index in [9.17, 15) is 18.0 Å². The van der Waals surface area contributed by atoms with Crippen molar-refractivity contribution in [2.75, 3.05) is 13.2 Å². The molecule has 1 unspecified atom stereocenters. The number of ether oxygens (including phenoxy) is 1. The number of nitrogens with zero attached hydrogens (tertiary/aromatic N) is 2. The molecule has 0 N–H and O–H groups in total. The van der Waals surface area contributed by atoms with Crippen molar-refractivity contribution in [2.24, 2.45) is 13.0 Å². The molecule has 2 rings (SSSR count). The number of carbonyl (C=O) groups is 2. The molecule has 0 radical (unpaired) electrons. The Morgan fingerprint density at radius 1 is 1.06 bits per heavy atom. The van der Waals surface area contributed by atoms with E-state index in [4.69, 9.17) is 4.74 Å². The average Bonchev–Trinajstić information content (AvgIpc) is 2.95. The SMILES string of the molecule is CCOC(=O)c1c(C)c(C(=O)C(C)N(CCC(C)C)S(=O)(=O)c2ccc(C)cc2)c(C)n1C. The number of rotatable bonds is 10. The number of aromatic nitrogens is 1. The number of benzene rings is 1. The van der Waals surface area contributed by atoms with Crippen LogP contribution in [0.5, 0.6) is 0 Å². The van der Waals surface area contributed by atoms with E-state index in [1.807, 2.05) is 20.8 Å². The van der Waals surface area contributed by atoms with E-state index in [-0.39, 0.29) is 29.7 Å². The van der Waals surface area contributed by atoms with Crippen LogP contribution < -0.4 is 0 Å². The van der Waals surface area contributed by atoms with Gasteiger partial charge in [-0.15, -0.1) is 0 Å². The molecular weight excluding hydrogens is 440 g/mol. The summed E-state index contributed by atoms with van der Waals surface area (Å²) in [4.78, 5) is 26.3. The number of sulfonamides is 1. The van der Waals surface area contributed by atoms with Crippen LogP contribution in [0.15, 0.2) is 29.2 Å². The Kier molecular flexibility index (Phi) is 8.65. The molecule has 33 heavy (non-hydrogen) atoms. The monoisotopic (exact) mass is 476 g/mol. The molecule has 7 nitrogen and oxygen atoms in total. The number of Topliss-reactive ketones (excluding diaryl/α,β-unsaturated/α-hetero) is 1. The van der Waals surface area contributed by atoms with Gasteiger partial charge in [0.25, 0.3) is 0 Å². The van der Waals surface area contributed by atoms with Crippen LogP contribution in [0.3, 0.4) is 0 Å². The Morgan fingerprint density at radius 3 is 2.15 bits per heavy atom. The predicted molar refractivity (Wildman–Crippen MR) is 129 cm³/mol. The van der Waals surface area contributed by atoms with E-state index in [1.165, 1.54) is 4.31 Å². The minimum Gasteiger partial charge on any atom is -0.461 e. The van der Waals surface area contributed by atoms with E-state index in [0.717, 1.165) is 5.56 Å². The molecule has 182 valence electrons. The van der Waals surface area contributed by atoms with Gasteiger partial charge in [-0.2, -0.15) is 4.31 Å². The Labute approximate surface area is 197 Å². The summed E-state index contributed by atoms with van der Waals surface area (Å²) in [7, 11) is -2.20. The summed E-state index contributed by atoms with van der Waals surface area (Å²) in [5, 5.41) is 0. The number of hydrogen-bond donors (Lipinski definition) is 0. The fourth-order valence-electron chi connectivity index (χ4n) is 3.92. The summed E-state index contributed by atoms with van der Waals surface area (Å²) in [6.45, 7) is 13.1. The summed E-state index contributed by atoms with van der Waals surface area (Å²) >= 11 is 0. The van der Waals surface area contributed by atoms with Crippen molar-refractivity contribution in [3.8, 4) is 0 Å². The molecule has 0 amide bonds. The van der Waals surface area contributed by atoms with Gasteiger partial charge in [0.2, 0.25) is 10.0 Å². The molecule has 0 aliphatic carbocycles. The maximum atomic E-state index is 13.7. The minimum absolute atomic E-state index is 0.158. The largest absolute Gasteiger partial charge is 0.461 e. The third-order valence-electron chi connectivity index (χ3n) is 6.01. The lowest BCUT2D eigenvalue weighted by molar-refractivity contribution is 0.0514. The zero-order valence-corrected chi connectivity index (χ0v) is 21.7. The second-order valence-corrected chi connectivity index (χ2v) is 10.8. The van der Waals surface area contributed by atoms with E-state index >= 15 is 0 Å². The van der Waals surface area contributed by atoms with E-state index < -0.39 is 22.0 Å². The van der Waals surface area contributed by atoms with Gasteiger partial charge in [0.1, 0.15) is 5.69 Å². The van der Waals surface area contributed by atoms with Crippen LogP contribution >= 0.6 is 0 Å². The van der Waals surface area contributed by atoms with Crippen molar-refractivity contribution in [3.63, 3.8) is 0 Å². The number of carbonyl (C=O) groups excluding carboxylic acids is 2. The van der Waals surface area contributed by atoms with Gasteiger partial charge in [0.05, 0.1) is 17.5 Å². The van der Waals surface area contributed by atoms with Crippen LogP contribution in [0.2, 0.25) is 0 Å². The minimum atomic E-state index is -3.91. The summed E-state index contributed by atoms with van der Waals surface area (Å²) < 4.78 is 35.2. The van der Waals surface area contributed by atoms with Gasteiger partial charge in [0, 0.05) is 24.8 Å². The van der Waals surface area contributed by atoms with Gasteiger partial charge in [-0.3, -0.25) is 4.79 Å². The van der Waals surface area contributed by atoms with Crippen molar-refractivity contribution in [2.45, 2.75) is 65.8 Å². The van der Waals surface area contributed by atoms with Crippen LogP contribution in [-0.2, 0) is 21.8 Å². The highest BCUT2D eigenvalue weighted by Gasteiger charge is 2.36. The smallest absolute Gasteiger partial charge is 0.355 e. The molecule has 1 aromatic carbocycles. The third kappa shape index (κ3) is 5.55. The molecule has 0 saturated carbocycles. The molecule has 1 heterocycles. The van der Waals surface area contributed by atoms with Gasteiger partial charge in [-0.25, -0.2) is 13.2 Å². The van der Waals surface area contributed by atoms with Crippen LogP contribution in [0.4, 0.5) is 0 Å². The number of hydrogen-bond acceptors (Lipinski definition) is 5. The molecule has 1 atom stereocenters. The van der Waals surface area contributed by atoms with E-state index in [0.29, 0.717) is 28.9 Å². The fraction of sp³-hybridized carbons (Fsp3) is 0.520. The van der Waals surface area contributed by atoms with Gasteiger partial charge in [0.15, 0.2) is 5.78 Å². The Balaban J connectivity index is 2.54. The topological polar surface area (TPSA) is 85.7 Å². The first kappa shape index (κ1) is 26.8. The highest BCUT2D eigenvalue weighted by Crippen LogP contribution is 2.27. The lowest BCUT2D eigenvalue weighted by atomic mass is 10.0. The Hall–Kier alpha value is -2.45. The Bertz CT molecular complexity index is 1110. The van der Waals surface area contributed by atoms with Crippen molar-refractivity contribution in [1.29, 1.82) is 0 Å². The first-order valence-corrected chi connectivity index (χ1v) is 12.7. The summed E-state index contributed by atoms with van der Waals surface area (Å²) in [6.07, 6.45) is 0.615. The number of ketones is 1. The molecule has 0 saturated heterocycles.